The molecule has 32 nitrogen and oxygen atoms in total. The fraction of sp³-hybridized carbons (Fsp3) is 0.860. The molecule has 30 atom stereocenters. The first-order chi connectivity index (χ1) is 36.1. The molecule has 1 aromatic rings. The van der Waals surface area contributed by atoms with E-state index >= 15 is 0 Å². The van der Waals surface area contributed by atoms with Gasteiger partial charge in [0.2, 0.25) is 0 Å². The van der Waals surface area contributed by atoms with Crippen LogP contribution in [-0.2, 0) is 71.1 Å². The highest BCUT2D eigenvalue weighted by Gasteiger charge is 2.59. The quantitative estimate of drug-likeness (QED) is 0.102. The summed E-state index contributed by atoms with van der Waals surface area (Å²) in [7, 11) is -4.66. The molecule has 0 amide bonds. The van der Waals surface area contributed by atoms with E-state index in [1.807, 2.05) is 0 Å². The van der Waals surface area contributed by atoms with Gasteiger partial charge >= 0.3 is 0 Å². The van der Waals surface area contributed by atoms with Crippen LogP contribution in [-0.4, -0.2) is 319 Å². The normalized spacial score (nSPS) is 49.8. The minimum Gasteiger partial charge on any atom is -0.394 e. The molecule has 12 bridgehead atoms. The number of rotatable bonds is 9. The van der Waals surface area contributed by atoms with E-state index in [2.05, 4.69) is 0 Å². The summed E-state index contributed by atoms with van der Waals surface area (Å²) in [6, 6.07) is 5.34. The van der Waals surface area contributed by atoms with E-state index in [-0.39, 0.29) is 4.90 Å². The van der Waals surface area contributed by atoms with Crippen molar-refractivity contribution in [1.82, 2.24) is 0 Å². The lowest BCUT2D eigenvalue weighted by Crippen LogP contribution is -2.69. The van der Waals surface area contributed by atoms with Crippen LogP contribution >= 0.6 is 0 Å². The highest BCUT2D eigenvalue weighted by atomic mass is 32.2. The standard InChI is InChI=1S/C43H66O32S/c1-12-2-4-13(5-3-12)76(61,62)63-11-19-37-25(54)31(60)43(69-19)74-36-18(10-48)67-41(29(58)23(36)52)72-34-16(8-46)65-39(27(56)21(34)50)70-32-14(6-44)64-38(26(55)20(32)49)71-33-15(7-45)66-40(28(57)22(33)51)73-35-17(9-47)68-42(75-37)30(59)24(35)53/h2-5,14-60H,6-11H2,1H3. The van der Waals surface area contributed by atoms with Crippen LogP contribution in [0.25, 0.3) is 0 Å². The molecule has 33 heteroatoms. The molecule has 22 fully saturated rings. The van der Waals surface area contributed by atoms with Gasteiger partial charge in [0.1, 0.15) is 146 Å². The van der Waals surface area contributed by atoms with Gasteiger partial charge in [-0.05, 0) is 19.1 Å². The molecule has 436 valence electrons. The number of ether oxygens (including phenoxy) is 12. The molecular formula is C43H66O32S. The molecular weight excluding hydrogens is 1060 g/mol. The molecule has 76 heavy (non-hydrogen) atoms. The van der Waals surface area contributed by atoms with Crippen molar-refractivity contribution in [3.63, 3.8) is 0 Å². The van der Waals surface area contributed by atoms with Crippen molar-refractivity contribution in [1.29, 1.82) is 0 Å². The molecule has 30 unspecified atom stereocenters. The highest BCUT2D eigenvalue weighted by Crippen LogP contribution is 2.38. The van der Waals surface area contributed by atoms with Crippen LogP contribution in [0.15, 0.2) is 29.2 Å². The summed E-state index contributed by atoms with van der Waals surface area (Å²) in [6.07, 6.45) is -61.1. The van der Waals surface area contributed by atoms with Crippen molar-refractivity contribution < 1.29 is 156 Å². The van der Waals surface area contributed by atoms with E-state index in [1.165, 1.54) is 24.3 Å². The summed E-state index contributed by atoms with van der Waals surface area (Å²) in [5.74, 6) is 0. The molecule has 22 heterocycles. The van der Waals surface area contributed by atoms with Gasteiger partial charge in [0.15, 0.2) is 37.7 Å². The molecule has 22 saturated heterocycles. The molecule has 0 saturated carbocycles. The number of benzene rings is 1. The second-order valence-corrected chi connectivity index (χ2v) is 20.8. The first-order valence-electron chi connectivity index (χ1n) is 24.1. The summed E-state index contributed by atoms with van der Waals surface area (Å²) >= 11 is 0. The first-order valence-corrected chi connectivity index (χ1v) is 25.5. The first kappa shape index (κ1) is 60.1. The van der Waals surface area contributed by atoms with Crippen LogP contribution < -0.4 is 0 Å². The topological polar surface area (TPSA) is 498 Å². The zero-order valence-corrected chi connectivity index (χ0v) is 40.8. The Kier molecular flexibility index (Phi) is 19.8. The minimum absolute atomic E-state index is 0.344. The Labute approximate surface area is 431 Å². The monoisotopic (exact) mass is 1130 g/mol. The van der Waals surface area contributed by atoms with Crippen molar-refractivity contribution >= 4 is 10.1 Å². The molecule has 1 aromatic carbocycles. The number of aryl methyl sites for hydroxylation is 1. The third-order valence-electron chi connectivity index (χ3n) is 14.2. The molecule has 22 aliphatic rings. The van der Waals surface area contributed by atoms with Crippen molar-refractivity contribution in [2.75, 3.05) is 39.6 Å². The van der Waals surface area contributed by atoms with Crippen molar-refractivity contribution in [2.24, 2.45) is 0 Å². The Bertz CT molecular complexity index is 2100. The van der Waals surface area contributed by atoms with Crippen LogP contribution in [0.4, 0.5) is 0 Å². The maximum absolute atomic E-state index is 13.4. The average Bonchev–Trinajstić information content (AvgIpc) is 3.41. The Morgan fingerprint density at radius 1 is 0.342 bits per heavy atom. The predicted molar refractivity (Wildman–Crippen MR) is 233 cm³/mol. The van der Waals surface area contributed by atoms with Gasteiger partial charge in [-0.1, -0.05) is 17.7 Å². The molecule has 17 N–H and O–H groups in total. The summed E-state index contributed by atoms with van der Waals surface area (Å²) in [5, 5.41) is 188. The van der Waals surface area contributed by atoms with Gasteiger partial charge in [-0.15, -0.1) is 0 Å². The van der Waals surface area contributed by atoms with Crippen molar-refractivity contribution in [3.8, 4) is 0 Å². The van der Waals surface area contributed by atoms with Gasteiger partial charge in [0, 0.05) is 0 Å². The molecule has 0 spiro atoms. The van der Waals surface area contributed by atoms with Gasteiger partial charge in [-0.2, -0.15) is 8.42 Å². The zero-order valence-electron chi connectivity index (χ0n) is 40.0. The predicted octanol–water partition coefficient (Wildman–Crippen LogP) is -11.3. The Balaban J connectivity index is 1.12. The summed E-state index contributed by atoms with van der Waals surface area (Å²) in [4.78, 5) is -0.344. The minimum atomic E-state index is -4.66. The molecule has 0 radical (unpaired) electrons. The van der Waals surface area contributed by atoms with E-state index in [0.29, 0.717) is 5.56 Å². The Morgan fingerprint density at radius 3 is 0.776 bits per heavy atom. The Hall–Kier alpha value is -2.03. The Morgan fingerprint density at radius 2 is 0.553 bits per heavy atom. The molecule has 23 rings (SSSR count). The van der Waals surface area contributed by atoms with Crippen LogP contribution in [0.1, 0.15) is 5.56 Å². The largest absolute Gasteiger partial charge is 0.394 e. The van der Waals surface area contributed by atoms with Crippen LogP contribution in [0.5, 0.6) is 0 Å². The lowest BCUT2D eigenvalue weighted by Gasteiger charge is -2.50. The van der Waals surface area contributed by atoms with Crippen molar-refractivity contribution in [3.05, 3.63) is 29.8 Å². The SMILES string of the molecule is Cc1ccc(S(=O)(=O)OCC2OC3OC4C(CO)OC(OC5C(CO)OC(OC6C(CO)OC(OC7C(CO)OC(OC8C(CO)OC(OC2C(O)C3O)C(O)C8O)C(O)C7O)C(O)C6O)C(O)C5O)C(O)C4O)cc1. The van der Waals surface area contributed by atoms with Gasteiger partial charge < -0.3 is 144 Å². The van der Waals surface area contributed by atoms with Crippen LogP contribution in [0.3, 0.4) is 0 Å². The highest BCUT2D eigenvalue weighted by molar-refractivity contribution is 7.86. The van der Waals surface area contributed by atoms with E-state index in [1.54, 1.807) is 6.92 Å². The maximum Gasteiger partial charge on any atom is 0.297 e. The van der Waals surface area contributed by atoms with Crippen LogP contribution in [0, 0.1) is 6.92 Å². The molecule has 0 aromatic heterocycles. The van der Waals surface area contributed by atoms with E-state index in [4.69, 9.17) is 61.0 Å². The fourth-order valence-electron chi connectivity index (χ4n) is 9.84. The van der Waals surface area contributed by atoms with Gasteiger partial charge in [0.05, 0.1) is 44.5 Å². The summed E-state index contributed by atoms with van der Waals surface area (Å²) in [5.41, 5.74) is 0.681. The lowest BCUT2D eigenvalue weighted by molar-refractivity contribution is -0.403. The second kappa shape index (κ2) is 25.0. The van der Waals surface area contributed by atoms with Gasteiger partial charge in [0.25, 0.3) is 10.1 Å². The molecule has 0 aliphatic carbocycles. The third-order valence-corrected chi connectivity index (χ3v) is 15.5. The van der Waals surface area contributed by atoms with Crippen LogP contribution in [0.2, 0.25) is 0 Å². The van der Waals surface area contributed by atoms with Crippen molar-refractivity contribution in [2.45, 2.75) is 196 Å². The third kappa shape index (κ3) is 12.0. The number of aliphatic hydroxyl groups is 17. The van der Waals surface area contributed by atoms with E-state index in [9.17, 15) is 95.2 Å². The van der Waals surface area contributed by atoms with E-state index < -0.39 is 234 Å². The molecule has 22 aliphatic heterocycles. The smallest absolute Gasteiger partial charge is 0.297 e. The van der Waals surface area contributed by atoms with E-state index in [0.717, 1.165) is 0 Å². The maximum atomic E-state index is 13.4. The second-order valence-electron chi connectivity index (χ2n) is 19.2. The summed E-state index contributed by atoms with van der Waals surface area (Å²) in [6.45, 7) is -4.63. The fourth-order valence-corrected chi connectivity index (χ4v) is 10.8. The average molecular weight is 1130 g/mol. The van der Waals surface area contributed by atoms with Gasteiger partial charge in [-0.3, -0.25) is 4.18 Å². The zero-order chi connectivity index (χ0) is 55.2. The number of hydrogen-bond donors (Lipinski definition) is 17. The lowest BCUT2D eigenvalue weighted by atomic mass is 9.94. The van der Waals surface area contributed by atoms with Gasteiger partial charge in [-0.25, -0.2) is 0 Å². The number of aliphatic hydroxyl groups excluding tert-OH is 17. The number of hydrogen-bond acceptors (Lipinski definition) is 32. The summed E-state index contributed by atoms with van der Waals surface area (Å²) < 4.78 is 101.